The maximum Gasteiger partial charge on any atom is 0.325 e. The van der Waals surface area contributed by atoms with Gasteiger partial charge >= 0.3 is 12.0 Å². The van der Waals surface area contributed by atoms with Gasteiger partial charge in [0.05, 0.1) is 25.5 Å². The van der Waals surface area contributed by atoms with Crippen LogP contribution >= 0.6 is 11.6 Å². The molecule has 1 fully saturated rings. The lowest BCUT2D eigenvalue weighted by atomic mass is 9.97. The number of carbonyl (C=O) groups is 4. The summed E-state index contributed by atoms with van der Waals surface area (Å²) in [6.45, 7) is 7.07. The summed E-state index contributed by atoms with van der Waals surface area (Å²) >= 11 is 6.15. The number of carbonyl (C=O) groups excluding carboxylic acids is 4. The number of amides is 4. The summed E-state index contributed by atoms with van der Waals surface area (Å²) in [5.41, 5.74) is 1.74. The Kier molecular flexibility index (Phi) is 9.97. The first kappa shape index (κ1) is 30.0. The van der Waals surface area contributed by atoms with Gasteiger partial charge < -0.3 is 20.1 Å². The standard InChI is InChI=1S/C29H36ClN3O6/c1-6-23(19-9-7-18(8-10-19)13-26(35)39-29(2,3)4)32-28(37)33-17-25(34)31-16-21(27(33)36)14-20-15-22(30)11-12-24(20)38-5/h7-12,15,21,23H,6,13-14,16-17H2,1-5H3,(H,31,34)(H,32,37)/t21-,23-/m1/s1. The van der Waals surface area contributed by atoms with Crippen LogP contribution in [0.4, 0.5) is 4.79 Å². The van der Waals surface area contributed by atoms with Crippen molar-refractivity contribution in [3.63, 3.8) is 0 Å². The molecule has 1 aliphatic rings. The van der Waals surface area contributed by atoms with Crippen molar-refractivity contribution in [2.45, 2.75) is 58.6 Å². The molecule has 3 rings (SSSR count). The number of rotatable bonds is 8. The van der Waals surface area contributed by atoms with E-state index in [4.69, 9.17) is 21.1 Å². The smallest absolute Gasteiger partial charge is 0.325 e. The molecule has 2 aromatic rings. The van der Waals surface area contributed by atoms with E-state index in [9.17, 15) is 19.2 Å². The minimum atomic E-state index is -0.679. The zero-order valence-corrected chi connectivity index (χ0v) is 23.8. The van der Waals surface area contributed by atoms with Gasteiger partial charge in [0, 0.05) is 11.6 Å². The number of urea groups is 1. The van der Waals surface area contributed by atoms with Gasteiger partial charge in [0.25, 0.3) is 0 Å². The van der Waals surface area contributed by atoms with Crippen molar-refractivity contribution in [3.05, 3.63) is 64.2 Å². The molecule has 1 heterocycles. The van der Waals surface area contributed by atoms with Gasteiger partial charge in [-0.2, -0.15) is 0 Å². The van der Waals surface area contributed by atoms with Crippen LogP contribution in [-0.2, 0) is 32.0 Å². The van der Waals surface area contributed by atoms with Gasteiger partial charge in [0.1, 0.15) is 17.9 Å². The summed E-state index contributed by atoms with van der Waals surface area (Å²) in [5, 5.41) is 6.11. The fraction of sp³-hybridized carbons (Fsp3) is 0.448. The molecule has 0 aromatic heterocycles. The summed E-state index contributed by atoms with van der Waals surface area (Å²) in [7, 11) is 1.53. The Balaban J connectivity index is 1.71. The first-order chi connectivity index (χ1) is 18.4. The molecule has 0 spiro atoms. The van der Waals surface area contributed by atoms with Crippen LogP contribution in [-0.4, -0.2) is 54.5 Å². The molecule has 210 valence electrons. The number of hydrogen-bond acceptors (Lipinski definition) is 6. The van der Waals surface area contributed by atoms with E-state index in [0.29, 0.717) is 22.8 Å². The number of hydrogen-bond donors (Lipinski definition) is 2. The van der Waals surface area contributed by atoms with Gasteiger partial charge in [-0.25, -0.2) is 4.79 Å². The lowest BCUT2D eigenvalue weighted by Gasteiger charge is -2.25. The van der Waals surface area contributed by atoms with E-state index in [-0.39, 0.29) is 31.9 Å². The first-order valence-electron chi connectivity index (χ1n) is 12.9. The maximum atomic E-state index is 13.4. The SMILES string of the molecule is CC[C@@H](NC(=O)N1CC(=O)NC[C@@H](Cc2cc(Cl)ccc2OC)C1=O)c1ccc(CC(=O)OC(C)(C)C)cc1. The van der Waals surface area contributed by atoms with Crippen LogP contribution in [0.2, 0.25) is 5.02 Å². The van der Waals surface area contributed by atoms with Crippen molar-refractivity contribution in [3.8, 4) is 5.75 Å². The quantitative estimate of drug-likeness (QED) is 0.470. The number of nitrogens with one attached hydrogen (secondary N) is 2. The molecule has 1 saturated heterocycles. The second-order valence-corrected chi connectivity index (χ2v) is 10.9. The average Bonchev–Trinajstić information content (AvgIpc) is 3.00. The Morgan fingerprint density at radius 2 is 1.85 bits per heavy atom. The number of halogens is 1. The Bertz CT molecular complexity index is 1210. The summed E-state index contributed by atoms with van der Waals surface area (Å²) in [4.78, 5) is 52.2. The van der Waals surface area contributed by atoms with Crippen molar-refractivity contribution >= 4 is 35.4 Å². The van der Waals surface area contributed by atoms with Gasteiger partial charge in [-0.3, -0.25) is 19.3 Å². The molecule has 2 N–H and O–H groups in total. The predicted octanol–water partition coefficient (Wildman–Crippen LogP) is 4.21. The lowest BCUT2D eigenvalue weighted by molar-refractivity contribution is -0.153. The zero-order valence-electron chi connectivity index (χ0n) is 23.0. The number of ether oxygens (including phenoxy) is 2. The Labute approximate surface area is 234 Å². The highest BCUT2D eigenvalue weighted by atomic mass is 35.5. The molecule has 1 aliphatic heterocycles. The Morgan fingerprint density at radius 3 is 2.46 bits per heavy atom. The van der Waals surface area contributed by atoms with Crippen LogP contribution in [0, 0.1) is 5.92 Å². The third kappa shape index (κ3) is 8.45. The van der Waals surface area contributed by atoms with E-state index >= 15 is 0 Å². The minimum Gasteiger partial charge on any atom is -0.496 e. The Morgan fingerprint density at radius 1 is 1.15 bits per heavy atom. The van der Waals surface area contributed by atoms with Crippen LogP contribution in [0.15, 0.2) is 42.5 Å². The second-order valence-electron chi connectivity index (χ2n) is 10.5. The van der Waals surface area contributed by atoms with Crippen molar-refractivity contribution in [2.24, 2.45) is 5.92 Å². The van der Waals surface area contributed by atoms with Crippen LogP contribution < -0.4 is 15.4 Å². The van der Waals surface area contributed by atoms with Crippen LogP contribution in [0.5, 0.6) is 5.75 Å². The van der Waals surface area contributed by atoms with Gasteiger partial charge in [-0.1, -0.05) is 42.8 Å². The fourth-order valence-corrected chi connectivity index (χ4v) is 4.58. The third-order valence-corrected chi connectivity index (χ3v) is 6.51. The van der Waals surface area contributed by atoms with Gasteiger partial charge in [0.2, 0.25) is 11.8 Å². The van der Waals surface area contributed by atoms with E-state index in [1.807, 2.05) is 52.0 Å². The summed E-state index contributed by atoms with van der Waals surface area (Å²) in [6.07, 6.45) is 0.925. The molecule has 0 aliphatic carbocycles. The van der Waals surface area contributed by atoms with Crippen molar-refractivity contribution in [1.82, 2.24) is 15.5 Å². The normalized spacial score (nSPS) is 16.7. The number of benzene rings is 2. The largest absolute Gasteiger partial charge is 0.496 e. The predicted molar refractivity (Wildman–Crippen MR) is 147 cm³/mol. The second kappa shape index (κ2) is 13.0. The number of nitrogens with zero attached hydrogens (tertiary/aromatic N) is 1. The highest BCUT2D eigenvalue weighted by Gasteiger charge is 2.35. The van der Waals surface area contributed by atoms with Gasteiger partial charge in [-0.05, 0) is 68.5 Å². The average molecular weight is 558 g/mol. The van der Waals surface area contributed by atoms with Crippen LogP contribution in [0.25, 0.3) is 0 Å². The summed E-state index contributed by atoms with van der Waals surface area (Å²) < 4.78 is 10.8. The number of esters is 1. The maximum absolute atomic E-state index is 13.4. The fourth-order valence-electron chi connectivity index (χ4n) is 4.39. The number of imide groups is 1. The van der Waals surface area contributed by atoms with Crippen molar-refractivity contribution in [2.75, 3.05) is 20.2 Å². The summed E-state index contributed by atoms with van der Waals surface area (Å²) in [6, 6.07) is 11.4. The molecule has 39 heavy (non-hydrogen) atoms. The van der Waals surface area contributed by atoms with Gasteiger partial charge in [0.15, 0.2) is 0 Å². The van der Waals surface area contributed by atoms with E-state index in [1.54, 1.807) is 18.2 Å². The molecular weight excluding hydrogens is 522 g/mol. The van der Waals surface area contributed by atoms with E-state index in [0.717, 1.165) is 16.0 Å². The molecule has 4 amide bonds. The van der Waals surface area contributed by atoms with Crippen molar-refractivity contribution < 1.29 is 28.7 Å². The topological polar surface area (TPSA) is 114 Å². The molecular formula is C29H36ClN3O6. The molecule has 0 unspecified atom stereocenters. The highest BCUT2D eigenvalue weighted by molar-refractivity contribution is 6.30. The number of methoxy groups -OCH3 is 1. The molecule has 0 radical (unpaired) electrons. The van der Waals surface area contributed by atoms with Gasteiger partial charge in [-0.15, -0.1) is 0 Å². The molecule has 2 aromatic carbocycles. The van der Waals surface area contributed by atoms with Crippen LogP contribution in [0.3, 0.4) is 0 Å². The molecule has 9 nitrogen and oxygen atoms in total. The van der Waals surface area contributed by atoms with Crippen LogP contribution in [0.1, 0.15) is 56.8 Å². The molecule has 0 saturated carbocycles. The van der Waals surface area contributed by atoms with E-state index < -0.39 is 35.4 Å². The minimum absolute atomic E-state index is 0.0907. The van der Waals surface area contributed by atoms with E-state index in [2.05, 4.69) is 10.6 Å². The summed E-state index contributed by atoms with van der Waals surface area (Å²) in [5.74, 6) is -1.31. The first-order valence-corrected chi connectivity index (χ1v) is 13.3. The monoisotopic (exact) mass is 557 g/mol. The molecule has 0 bridgehead atoms. The molecule has 2 atom stereocenters. The third-order valence-electron chi connectivity index (χ3n) is 6.27. The van der Waals surface area contributed by atoms with Crippen molar-refractivity contribution in [1.29, 1.82) is 0 Å². The molecule has 10 heteroatoms. The Hall–Kier alpha value is -3.59. The highest BCUT2D eigenvalue weighted by Crippen LogP contribution is 2.27. The zero-order chi connectivity index (χ0) is 28.7. The lowest BCUT2D eigenvalue weighted by Crippen LogP contribution is -2.48. The van der Waals surface area contributed by atoms with E-state index in [1.165, 1.54) is 7.11 Å².